The molecule has 12 nitrogen and oxygen atoms in total. The Hall–Kier alpha value is -3.92. The van der Waals surface area contributed by atoms with Gasteiger partial charge in [0, 0.05) is 23.3 Å². The molecule has 4 aromatic rings. The molecule has 0 atom stereocenters. The van der Waals surface area contributed by atoms with Crippen LogP contribution in [0, 0.1) is 11.3 Å². The fourth-order valence-electron chi connectivity index (χ4n) is 2.76. The summed E-state index contributed by atoms with van der Waals surface area (Å²) in [6, 6.07) is 11.7. The van der Waals surface area contributed by atoms with Gasteiger partial charge in [0.2, 0.25) is 0 Å². The third-order valence-electron chi connectivity index (χ3n) is 4.32. The van der Waals surface area contributed by atoms with Crippen LogP contribution < -0.4 is 5.73 Å². The molecule has 2 N–H and O–H groups in total. The van der Waals surface area contributed by atoms with Crippen molar-refractivity contribution in [1.82, 2.24) is 40.4 Å². The van der Waals surface area contributed by atoms with Crippen LogP contribution in [-0.4, -0.2) is 59.5 Å². The smallest absolute Gasteiger partial charge is 0.250 e. The normalized spacial score (nSPS) is 12.0. The lowest BCUT2D eigenvalue weighted by molar-refractivity contribution is 0.1000. The second-order valence-electron chi connectivity index (χ2n) is 6.63. The number of halogens is 2. The molecular weight excluding hydrogens is 483 g/mol. The molecule has 1 amide bonds. The Bertz CT molecular complexity index is 1250. The van der Waals surface area contributed by atoms with Gasteiger partial charge in [0.15, 0.2) is 0 Å². The van der Waals surface area contributed by atoms with Crippen molar-refractivity contribution in [2.45, 2.75) is 12.8 Å². The minimum absolute atomic E-state index is 0.273. The van der Waals surface area contributed by atoms with E-state index < -0.39 is 5.91 Å². The molecule has 0 bridgehead atoms. The minimum atomic E-state index is -0.581. The zero-order chi connectivity index (χ0) is 24.3. The van der Waals surface area contributed by atoms with Gasteiger partial charge in [-0.05, 0) is 70.1 Å². The van der Waals surface area contributed by atoms with Gasteiger partial charge in [-0.1, -0.05) is 23.2 Å². The maximum atomic E-state index is 11.2. The molecule has 0 saturated carbocycles. The molecule has 2 aromatic carbocycles. The van der Waals surface area contributed by atoms with Gasteiger partial charge < -0.3 is 10.5 Å². The van der Waals surface area contributed by atoms with Gasteiger partial charge in [-0.3, -0.25) is 4.79 Å². The molecule has 2 aromatic heterocycles. The van der Waals surface area contributed by atoms with E-state index in [1.54, 1.807) is 30.3 Å². The van der Waals surface area contributed by atoms with Crippen LogP contribution in [0.2, 0.25) is 10.0 Å². The number of aromatic nitrogens is 8. The van der Waals surface area contributed by atoms with Gasteiger partial charge in [-0.25, -0.2) is 0 Å². The highest BCUT2D eigenvalue weighted by molar-refractivity contribution is 6.31. The summed E-state index contributed by atoms with van der Waals surface area (Å²) in [5.74, 6) is -0.581. The number of ether oxygens (including phenoxy) is 1. The van der Waals surface area contributed by atoms with E-state index in [1.807, 2.05) is 6.07 Å². The van der Waals surface area contributed by atoms with Crippen LogP contribution in [0.15, 0.2) is 49.1 Å². The van der Waals surface area contributed by atoms with E-state index in [0.717, 1.165) is 13.2 Å². The second kappa shape index (κ2) is 12.4. The number of rotatable bonds is 3. The van der Waals surface area contributed by atoms with Gasteiger partial charge in [0.05, 0.1) is 22.5 Å². The van der Waals surface area contributed by atoms with Crippen LogP contribution in [0.25, 0.3) is 11.4 Å². The molecule has 174 valence electrons. The molecule has 0 unspecified atom stereocenters. The highest BCUT2D eigenvalue weighted by Gasteiger charge is 2.11. The lowest BCUT2D eigenvalue weighted by Gasteiger charge is -2.05. The quantitative estimate of drug-likeness (QED) is 0.444. The Balaban J connectivity index is 0.000000159. The first-order valence-electron chi connectivity index (χ1n) is 9.83. The number of benzene rings is 2. The largest absolute Gasteiger partial charge is 0.381 e. The van der Waals surface area contributed by atoms with Crippen LogP contribution in [0.3, 0.4) is 0 Å². The Morgan fingerprint density at radius 3 is 1.97 bits per heavy atom. The summed E-state index contributed by atoms with van der Waals surface area (Å²) in [6.07, 6.45) is 5.35. The molecule has 1 fully saturated rings. The number of amides is 1. The Kier molecular flexibility index (Phi) is 8.98. The number of carbonyl (C=O) groups excluding carboxylic acids is 1. The number of nitriles is 1. The van der Waals surface area contributed by atoms with Crippen molar-refractivity contribution >= 4 is 29.1 Å². The van der Waals surface area contributed by atoms with Crippen molar-refractivity contribution in [2.75, 3.05) is 13.2 Å². The lowest BCUT2D eigenvalue weighted by Crippen LogP contribution is -2.15. The predicted octanol–water partition coefficient (Wildman–Crippen LogP) is 2.40. The molecule has 1 aliphatic heterocycles. The molecule has 34 heavy (non-hydrogen) atoms. The fourth-order valence-corrected chi connectivity index (χ4v) is 3.10. The molecular formula is C20H18Cl2N10O2. The van der Waals surface area contributed by atoms with Crippen molar-refractivity contribution in [3.8, 4) is 17.4 Å². The Morgan fingerprint density at radius 1 is 0.941 bits per heavy atom. The van der Waals surface area contributed by atoms with E-state index in [0.29, 0.717) is 27.0 Å². The van der Waals surface area contributed by atoms with Gasteiger partial charge in [0.1, 0.15) is 18.7 Å². The van der Waals surface area contributed by atoms with Crippen molar-refractivity contribution in [3.63, 3.8) is 0 Å². The fraction of sp³-hybridized carbons (Fsp3) is 0.200. The number of carbonyl (C=O) groups is 1. The summed E-state index contributed by atoms with van der Waals surface area (Å²) in [4.78, 5) is 11.2. The van der Waals surface area contributed by atoms with Crippen LogP contribution in [0.5, 0.6) is 0 Å². The highest BCUT2D eigenvalue weighted by Crippen LogP contribution is 2.19. The summed E-state index contributed by atoms with van der Waals surface area (Å²) in [6.45, 7) is 2.00. The van der Waals surface area contributed by atoms with E-state index >= 15 is 0 Å². The van der Waals surface area contributed by atoms with E-state index in [9.17, 15) is 4.79 Å². The first-order chi connectivity index (χ1) is 16.5. The lowest BCUT2D eigenvalue weighted by atomic mass is 10.1. The first kappa shape index (κ1) is 24.7. The number of tetrazole rings is 2. The van der Waals surface area contributed by atoms with Gasteiger partial charge >= 0.3 is 0 Å². The van der Waals surface area contributed by atoms with Gasteiger partial charge in [0.25, 0.3) is 5.91 Å². The standard InChI is InChI=1S/C8H6ClN5O.C8H4ClN5.C4H8O/c9-5-1-2-7(6(3-5)8(10)15)14-4-11-12-13-14;9-7-1-2-8(6(3-7)4-10)14-5-11-12-13-14;1-2-4-5-3-1/h1-4H,(H2,10,15);1-3,5H;1-4H2. The Labute approximate surface area is 203 Å². The SMILES string of the molecule is C1CCOC1.N#Cc1cc(Cl)ccc1-n1cnnn1.NC(=O)c1cc(Cl)ccc1-n1cnnn1. The zero-order valence-electron chi connectivity index (χ0n) is 17.6. The van der Waals surface area contributed by atoms with E-state index in [1.165, 1.54) is 40.9 Å². The number of primary amides is 1. The van der Waals surface area contributed by atoms with Crippen molar-refractivity contribution in [1.29, 1.82) is 5.26 Å². The number of hydrogen-bond acceptors (Lipinski definition) is 9. The molecule has 1 aliphatic rings. The third kappa shape index (κ3) is 6.79. The van der Waals surface area contributed by atoms with Crippen molar-refractivity contribution < 1.29 is 9.53 Å². The van der Waals surface area contributed by atoms with Gasteiger partial charge in [-0.15, -0.1) is 10.2 Å². The third-order valence-corrected chi connectivity index (χ3v) is 4.79. The van der Waals surface area contributed by atoms with Crippen molar-refractivity contribution in [3.05, 3.63) is 70.2 Å². The molecule has 5 rings (SSSR count). The molecule has 0 aliphatic carbocycles. The van der Waals surface area contributed by atoms with Crippen LogP contribution >= 0.6 is 23.2 Å². The van der Waals surface area contributed by atoms with Crippen LogP contribution in [-0.2, 0) is 4.74 Å². The molecule has 14 heteroatoms. The summed E-state index contributed by atoms with van der Waals surface area (Å²) in [5.41, 5.74) is 7.03. The number of nitrogens with zero attached hydrogens (tertiary/aromatic N) is 9. The summed E-state index contributed by atoms with van der Waals surface area (Å²) >= 11 is 11.5. The zero-order valence-corrected chi connectivity index (χ0v) is 19.1. The average Bonchev–Trinajstić information content (AvgIpc) is 3.64. The number of hydrogen-bond donors (Lipinski definition) is 1. The van der Waals surface area contributed by atoms with Crippen LogP contribution in [0.1, 0.15) is 28.8 Å². The van der Waals surface area contributed by atoms with E-state index in [-0.39, 0.29) is 5.56 Å². The van der Waals surface area contributed by atoms with E-state index in [4.69, 9.17) is 38.9 Å². The summed E-state index contributed by atoms with van der Waals surface area (Å²) in [7, 11) is 0. The topological polar surface area (TPSA) is 163 Å². The van der Waals surface area contributed by atoms with E-state index in [2.05, 4.69) is 31.1 Å². The molecule has 3 heterocycles. The number of nitrogens with two attached hydrogens (primary N) is 1. The second-order valence-corrected chi connectivity index (χ2v) is 7.50. The van der Waals surface area contributed by atoms with Crippen molar-refractivity contribution in [2.24, 2.45) is 5.73 Å². The first-order valence-corrected chi connectivity index (χ1v) is 10.6. The average molecular weight is 501 g/mol. The molecule has 1 saturated heterocycles. The molecule has 0 radical (unpaired) electrons. The summed E-state index contributed by atoms with van der Waals surface area (Å²) in [5, 5.41) is 31.1. The maximum Gasteiger partial charge on any atom is 0.250 e. The molecule has 0 spiro atoms. The monoisotopic (exact) mass is 500 g/mol. The highest BCUT2D eigenvalue weighted by atomic mass is 35.5. The maximum absolute atomic E-state index is 11.2. The summed E-state index contributed by atoms with van der Waals surface area (Å²) < 4.78 is 7.70. The Morgan fingerprint density at radius 2 is 1.50 bits per heavy atom. The minimum Gasteiger partial charge on any atom is -0.381 e. The van der Waals surface area contributed by atoms with Gasteiger partial charge in [-0.2, -0.15) is 14.6 Å². The van der Waals surface area contributed by atoms with Crippen LogP contribution in [0.4, 0.5) is 0 Å². The predicted molar refractivity (Wildman–Crippen MR) is 122 cm³/mol.